The van der Waals surface area contributed by atoms with Crippen LogP contribution in [0.25, 0.3) is 11.3 Å². The molecule has 1 nitrogen and oxygen atoms in total. The average Bonchev–Trinajstić information content (AvgIpc) is 2.76. The SMILES string of the molecule is FC(F)(F)c1ccc(-c2cc(CBr)sn2)cc1. The second kappa shape index (κ2) is 4.78. The van der Waals surface area contributed by atoms with Crippen LogP contribution in [0.15, 0.2) is 30.3 Å². The molecule has 0 N–H and O–H groups in total. The van der Waals surface area contributed by atoms with Crippen LogP contribution in [0.5, 0.6) is 0 Å². The molecule has 0 aliphatic carbocycles. The van der Waals surface area contributed by atoms with Gasteiger partial charge in [0.15, 0.2) is 0 Å². The van der Waals surface area contributed by atoms with Gasteiger partial charge in [-0.2, -0.15) is 17.5 Å². The lowest BCUT2D eigenvalue weighted by molar-refractivity contribution is -0.137. The lowest BCUT2D eigenvalue weighted by atomic mass is 10.1. The van der Waals surface area contributed by atoms with Crippen molar-refractivity contribution in [3.05, 3.63) is 40.8 Å². The van der Waals surface area contributed by atoms with Crippen molar-refractivity contribution in [1.29, 1.82) is 0 Å². The van der Waals surface area contributed by atoms with Crippen LogP contribution in [-0.4, -0.2) is 4.37 Å². The van der Waals surface area contributed by atoms with Gasteiger partial charge in [0.25, 0.3) is 0 Å². The van der Waals surface area contributed by atoms with Crippen LogP contribution < -0.4 is 0 Å². The van der Waals surface area contributed by atoms with E-state index < -0.39 is 11.7 Å². The van der Waals surface area contributed by atoms with E-state index in [1.54, 1.807) is 0 Å². The van der Waals surface area contributed by atoms with Crippen LogP contribution in [0.1, 0.15) is 10.4 Å². The summed E-state index contributed by atoms with van der Waals surface area (Å²) in [7, 11) is 0. The Labute approximate surface area is 109 Å². The van der Waals surface area contributed by atoms with E-state index in [0.717, 1.165) is 17.0 Å². The summed E-state index contributed by atoms with van der Waals surface area (Å²) in [6, 6.07) is 6.89. The van der Waals surface area contributed by atoms with Crippen molar-refractivity contribution in [2.45, 2.75) is 11.5 Å². The first kappa shape index (κ1) is 12.6. The lowest BCUT2D eigenvalue weighted by Crippen LogP contribution is -2.03. The zero-order chi connectivity index (χ0) is 12.5. The lowest BCUT2D eigenvalue weighted by Gasteiger charge is -2.06. The molecule has 17 heavy (non-hydrogen) atoms. The first-order chi connectivity index (χ1) is 8.00. The third kappa shape index (κ3) is 2.87. The number of rotatable bonds is 2. The van der Waals surface area contributed by atoms with Crippen molar-refractivity contribution >= 4 is 27.5 Å². The molecule has 0 spiro atoms. The van der Waals surface area contributed by atoms with Gasteiger partial charge in [-0.05, 0) is 29.7 Å². The van der Waals surface area contributed by atoms with E-state index in [9.17, 15) is 13.2 Å². The number of alkyl halides is 4. The second-order valence-corrected chi connectivity index (χ2v) is 4.84. The third-order valence-corrected chi connectivity index (χ3v) is 3.96. The molecule has 0 bridgehead atoms. The number of nitrogens with zero attached hydrogens (tertiary/aromatic N) is 1. The predicted molar refractivity (Wildman–Crippen MR) is 65.2 cm³/mol. The van der Waals surface area contributed by atoms with Crippen molar-refractivity contribution in [2.75, 3.05) is 0 Å². The van der Waals surface area contributed by atoms with Crippen LogP contribution in [0.3, 0.4) is 0 Å². The Bertz CT molecular complexity index is 504. The van der Waals surface area contributed by atoms with Gasteiger partial charge in [-0.1, -0.05) is 28.1 Å². The zero-order valence-corrected chi connectivity index (χ0v) is 10.9. The van der Waals surface area contributed by atoms with Gasteiger partial charge in [0, 0.05) is 15.8 Å². The van der Waals surface area contributed by atoms with E-state index in [1.807, 2.05) is 6.07 Å². The molecule has 0 amide bonds. The van der Waals surface area contributed by atoms with Crippen LogP contribution in [0.2, 0.25) is 0 Å². The maximum Gasteiger partial charge on any atom is 0.416 e. The minimum Gasteiger partial charge on any atom is -0.192 e. The molecule has 2 rings (SSSR count). The van der Waals surface area contributed by atoms with Crippen molar-refractivity contribution in [1.82, 2.24) is 4.37 Å². The fourth-order valence-electron chi connectivity index (χ4n) is 1.34. The van der Waals surface area contributed by atoms with E-state index in [0.29, 0.717) is 16.6 Å². The molecule has 2 aromatic rings. The highest BCUT2D eigenvalue weighted by Crippen LogP contribution is 2.31. The van der Waals surface area contributed by atoms with Gasteiger partial charge >= 0.3 is 6.18 Å². The Balaban J connectivity index is 2.29. The normalized spacial score (nSPS) is 11.8. The zero-order valence-electron chi connectivity index (χ0n) is 8.46. The smallest absolute Gasteiger partial charge is 0.192 e. The summed E-state index contributed by atoms with van der Waals surface area (Å²) in [5.74, 6) is 0. The van der Waals surface area contributed by atoms with Crippen molar-refractivity contribution < 1.29 is 13.2 Å². The molecular formula is C11H7BrF3NS. The maximum atomic E-state index is 12.4. The summed E-state index contributed by atoms with van der Waals surface area (Å²) >= 11 is 4.64. The maximum absolute atomic E-state index is 12.4. The highest BCUT2D eigenvalue weighted by molar-refractivity contribution is 9.08. The van der Waals surface area contributed by atoms with Crippen LogP contribution >= 0.6 is 27.5 Å². The topological polar surface area (TPSA) is 12.9 Å². The summed E-state index contributed by atoms with van der Waals surface area (Å²) in [4.78, 5) is 1.04. The van der Waals surface area contributed by atoms with Gasteiger partial charge < -0.3 is 0 Å². The summed E-state index contributed by atoms with van der Waals surface area (Å²) in [5.41, 5.74) is 0.761. The monoisotopic (exact) mass is 321 g/mol. The fraction of sp³-hybridized carbons (Fsp3) is 0.182. The quantitative estimate of drug-likeness (QED) is 0.729. The van der Waals surface area contributed by atoms with Gasteiger partial charge in [-0.3, -0.25) is 0 Å². The molecular weight excluding hydrogens is 315 g/mol. The molecule has 0 aliphatic rings. The van der Waals surface area contributed by atoms with Gasteiger partial charge in [0.2, 0.25) is 0 Å². The van der Waals surface area contributed by atoms with E-state index in [-0.39, 0.29) is 0 Å². The van der Waals surface area contributed by atoms with Crippen LogP contribution in [0, 0.1) is 0 Å². The number of halogens is 4. The second-order valence-electron chi connectivity index (χ2n) is 3.39. The standard InChI is InChI=1S/C11H7BrF3NS/c12-6-9-5-10(16-17-9)7-1-3-8(4-2-7)11(13,14)15/h1-5H,6H2. The van der Waals surface area contributed by atoms with Gasteiger partial charge in [-0.25, -0.2) is 0 Å². The van der Waals surface area contributed by atoms with Crippen LogP contribution in [0.4, 0.5) is 13.2 Å². The number of aromatic nitrogens is 1. The van der Waals surface area contributed by atoms with Crippen molar-refractivity contribution in [3.63, 3.8) is 0 Å². The molecule has 0 saturated heterocycles. The van der Waals surface area contributed by atoms with Crippen LogP contribution in [-0.2, 0) is 11.5 Å². The molecule has 0 atom stereocenters. The van der Waals surface area contributed by atoms with Gasteiger partial charge in [-0.15, -0.1) is 0 Å². The number of hydrogen-bond acceptors (Lipinski definition) is 2. The summed E-state index contributed by atoms with van der Waals surface area (Å²) in [6.45, 7) is 0. The minimum absolute atomic E-state index is 0.641. The fourth-order valence-corrected chi connectivity index (χ4v) is 2.40. The highest BCUT2D eigenvalue weighted by Gasteiger charge is 2.30. The summed E-state index contributed by atoms with van der Waals surface area (Å²) < 4.78 is 41.3. The molecule has 6 heteroatoms. The Morgan fingerprint density at radius 3 is 2.29 bits per heavy atom. The molecule has 90 valence electrons. The Kier molecular flexibility index (Phi) is 3.53. The summed E-state index contributed by atoms with van der Waals surface area (Å²) in [5, 5.41) is 0.700. The molecule has 0 aliphatic heterocycles. The molecule has 0 saturated carbocycles. The van der Waals surface area contributed by atoms with E-state index in [2.05, 4.69) is 20.3 Å². The minimum atomic E-state index is -4.29. The van der Waals surface area contributed by atoms with E-state index in [4.69, 9.17) is 0 Å². The van der Waals surface area contributed by atoms with E-state index in [1.165, 1.54) is 23.7 Å². The predicted octanol–water partition coefficient (Wildman–Crippen LogP) is 4.72. The Hall–Kier alpha value is -0.880. The number of hydrogen-bond donors (Lipinski definition) is 0. The molecule has 0 unspecified atom stereocenters. The molecule has 1 aromatic heterocycles. The molecule has 0 radical (unpaired) electrons. The molecule has 0 fully saturated rings. The molecule has 1 aromatic carbocycles. The van der Waals surface area contributed by atoms with Crippen molar-refractivity contribution in [3.8, 4) is 11.3 Å². The summed E-state index contributed by atoms with van der Waals surface area (Å²) in [6.07, 6.45) is -4.29. The first-order valence-electron chi connectivity index (χ1n) is 4.70. The Morgan fingerprint density at radius 2 is 1.82 bits per heavy atom. The van der Waals surface area contributed by atoms with E-state index >= 15 is 0 Å². The number of benzene rings is 1. The average molecular weight is 322 g/mol. The largest absolute Gasteiger partial charge is 0.416 e. The first-order valence-corrected chi connectivity index (χ1v) is 6.59. The van der Waals surface area contributed by atoms with Crippen molar-refractivity contribution in [2.24, 2.45) is 0 Å². The molecule has 1 heterocycles. The highest BCUT2D eigenvalue weighted by atomic mass is 79.9. The Morgan fingerprint density at radius 1 is 1.18 bits per heavy atom. The van der Waals surface area contributed by atoms with Gasteiger partial charge in [0.05, 0.1) is 11.3 Å². The van der Waals surface area contributed by atoms with Gasteiger partial charge in [0.1, 0.15) is 0 Å². The third-order valence-electron chi connectivity index (χ3n) is 2.20.